The Hall–Kier alpha value is -0.700. The number of carbonyl (C=O) groups excluding carboxylic acids is 1. The van der Waals surface area contributed by atoms with Crippen LogP contribution in [0.1, 0.15) is 38.5 Å². The van der Waals surface area contributed by atoms with Crippen molar-refractivity contribution in [2.75, 3.05) is 34.2 Å². The topological polar surface area (TPSA) is 81.2 Å². The Labute approximate surface area is 139 Å². The molecule has 1 aliphatic carbocycles. The molecule has 1 amide bonds. The first-order chi connectivity index (χ1) is 10.7. The molecule has 1 N–H and O–H groups in total. The predicted molar refractivity (Wildman–Crippen MR) is 87.9 cm³/mol. The van der Waals surface area contributed by atoms with E-state index in [1.54, 1.807) is 11.9 Å². The molecule has 1 aliphatic heterocycles. The second-order valence-electron chi connectivity index (χ2n) is 6.83. The molecule has 2 rings (SSSR count). The number of hydrogen-bond donors (Lipinski definition) is 1. The Balaban J connectivity index is 1.93. The molecule has 0 unspecified atom stereocenters. The summed E-state index contributed by atoms with van der Waals surface area (Å²) in [4.78, 5) is 14.4. The van der Waals surface area contributed by atoms with Crippen molar-refractivity contribution < 1.29 is 18.3 Å². The molecule has 0 radical (unpaired) electrons. The number of aliphatic hydroxyl groups is 1. The van der Waals surface area contributed by atoms with Gasteiger partial charge in [0.05, 0.1) is 12.1 Å². The zero-order valence-corrected chi connectivity index (χ0v) is 15.1. The maximum atomic E-state index is 12.7. The number of piperidine rings is 1. The maximum Gasteiger partial charge on any atom is 0.281 e. The van der Waals surface area contributed by atoms with E-state index in [4.69, 9.17) is 0 Å². The van der Waals surface area contributed by atoms with Crippen molar-refractivity contribution >= 4 is 16.1 Å². The molecule has 0 aromatic heterocycles. The van der Waals surface area contributed by atoms with E-state index in [1.165, 1.54) is 22.7 Å². The molecule has 0 spiro atoms. The minimum atomic E-state index is -3.40. The van der Waals surface area contributed by atoms with E-state index in [1.807, 2.05) is 0 Å². The average Bonchev–Trinajstić information content (AvgIpc) is 2.54. The smallest absolute Gasteiger partial charge is 0.281 e. The number of hydrogen-bond acceptors (Lipinski definition) is 4. The quantitative estimate of drug-likeness (QED) is 0.791. The highest BCUT2D eigenvalue weighted by molar-refractivity contribution is 7.86. The molecule has 0 aromatic carbocycles. The standard InChI is InChI=1S/C15H29N3O4S/c1-16(2)23(21,22)18-10-8-12(9-11-18)15(20)17(3)13-6-4-5-7-14(13)19/h12-14,19H,4-11H2,1-3H3/t13-,14-/m0/s1. The summed E-state index contributed by atoms with van der Waals surface area (Å²) in [6.07, 6.45) is 4.29. The van der Waals surface area contributed by atoms with Crippen LogP contribution in [-0.2, 0) is 15.0 Å². The minimum absolute atomic E-state index is 0.0397. The third kappa shape index (κ3) is 4.04. The summed E-state index contributed by atoms with van der Waals surface area (Å²) < 4.78 is 26.9. The number of rotatable bonds is 4. The van der Waals surface area contributed by atoms with Crippen LogP contribution in [0, 0.1) is 5.92 Å². The van der Waals surface area contributed by atoms with Crippen LogP contribution in [0.15, 0.2) is 0 Å². The van der Waals surface area contributed by atoms with Gasteiger partial charge in [0.15, 0.2) is 0 Å². The fourth-order valence-corrected chi connectivity index (χ4v) is 4.69. The lowest BCUT2D eigenvalue weighted by molar-refractivity contribution is -0.141. The lowest BCUT2D eigenvalue weighted by Gasteiger charge is -2.39. The third-order valence-corrected chi connectivity index (χ3v) is 7.07. The zero-order chi connectivity index (χ0) is 17.2. The van der Waals surface area contributed by atoms with Crippen LogP contribution in [0.2, 0.25) is 0 Å². The summed E-state index contributed by atoms with van der Waals surface area (Å²) in [5.74, 6) is -0.111. The van der Waals surface area contributed by atoms with Crippen molar-refractivity contribution in [1.82, 2.24) is 13.5 Å². The van der Waals surface area contributed by atoms with Gasteiger partial charge in [0, 0.05) is 40.2 Å². The van der Waals surface area contributed by atoms with Crippen LogP contribution in [0.3, 0.4) is 0 Å². The predicted octanol–water partition coefficient (Wildman–Crippen LogP) is 0.267. The molecule has 2 fully saturated rings. The van der Waals surface area contributed by atoms with Crippen LogP contribution in [-0.4, -0.2) is 79.3 Å². The van der Waals surface area contributed by atoms with Gasteiger partial charge in [-0.25, -0.2) is 0 Å². The first-order valence-corrected chi connectivity index (χ1v) is 9.77. The Bertz CT molecular complexity index is 515. The van der Waals surface area contributed by atoms with Crippen LogP contribution >= 0.6 is 0 Å². The van der Waals surface area contributed by atoms with Crippen molar-refractivity contribution in [1.29, 1.82) is 0 Å². The zero-order valence-electron chi connectivity index (χ0n) is 14.3. The Morgan fingerprint density at radius 3 is 2.13 bits per heavy atom. The highest BCUT2D eigenvalue weighted by Crippen LogP contribution is 2.27. The van der Waals surface area contributed by atoms with Gasteiger partial charge in [0.25, 0.3) is 10.2 Å². The molecule has 23 heavy (non-hydrogen) atoms. The minimum Gasteiger partial charge on any atom is -0.391 e. The Morgan fingerprint density at radius 2 is 1.61 bits per heavy atom. The van der Waals surface area contributed by atoms with Gasteiger partial charge in [-0.3, -0.25) is 4.79 Å². The summed E-state index contributed by atoms with van der Waals surface area (Å²) in [6.45, 7) is 0.746. The lowest BCUT2D eigenvalue weighted by Crippen LogP contribution is -2.51. The molecule has 0 aromatic rings. The average molecular weight is 347 g/mol. The molecule has 134 valence electrons. The number of likely N-dealkylation sites (N-methyl/N-ethyl adjacent to an activating group) is 1. The van der Waals surface area contributed by atoms with Crippen LogP contribution in [0.25, 0.3) is 0 Å². The molecular weight excluding hydrogens is 318 g/mol. The normalized spacial score (nSPS) is 28.0. The first kappa shape index (κ1) is 18.6. The summed E-state index contributed by atoms with van der Waals surface area (Å²) in [5.41, 5.74) is 0. The highest BCUT2D eigenvalue weighted by atomic mass is 32.2. The summed E-state index contributed by atoms with van der Waals surface area (Å²) in [6, 6.07) is -0.0974. The molecule has 1 heterocycles. The second-order valence-corrected chi connectivity index (χ2v) is 8.97. The number of nitrogens with zero attached hydrogens (tertiary/aromatic N) is 3. The van der Waals surface area contributed by atoms with Crippen LogP contribution < -0.4 is 0 Å². The molecule has 1 saturated heterocycles. The van der Waals surface area contributed by atoms with E-state index < -0.39 is 16.3 Å². The molecule has 2 atom stereocenters. The van der Waals surface area contributed by atoms with Gasteiger partial charge in [0.1, 0.15) is 0 Å². The van der Waals surface area contributed by atoms with E-state index in [0.717, 1.165) is 25.7 Å². The van der Waals surface area contributed by atoms with Gasteiger partial charge in [-0.1, -0.05) is 12.8 Å². The largest absolute Gasteiger partial charge is 0.391 e. The number of amides is 1. The summed E-state index contributed by atoms with van der Waals surface area (Å²) >= 11 is 0. The molecule has 7 nitrogen and oxygen atoms in total. The van der Waals surface area contributed by atoms with Crippen molar-refractivity contribution in [3.63, 3.8) is 0 Å². The van der Waals surface area contributed by atoms with Crippen molar-refractivity contribution in [2.24, 2.45) is 5.92 Å². The SMILES string of the molecule is CN(C(=O)C1CCN(S(=O)(=O)N(C)C)CC1)[C@H]1CCCC[C@@H]1O. The Kier molecular flexibility index (Phi) is 6.05. The van der Waals surface area contributed by atoms with E-state index >= 15 is 0 Å². The third-order valence-electron chi connectivity index (χ3n) is 5.13. The van der Waals surface area contributed by atoms with E-state index in [9.17, 15) is 18.3 Å². The van der Waals surface area contributed by atoms with Gasteiger partial charge in [-0.15, -0.1) is 0 Å². The van der Waals surface area contributed by atoms with Gasteiger partial charge in [-0.2, -0.15) is 17.0 Å². The fraction of sp³-hybridized carbons (Fsp3) is 0.933. The van der Waals surface area contributed by atoms with Crippen molar-refractivity contribution in [3.05, 3.63) is 0 Å². The van der Waals surface area contributed by atoms with Crippen molar-refractivity contribution in [3.8, 4) is 0 Å². The fourth-order valence-electron chi connectivity index (χ4n) is 3.56. The molecule has 0 bridgehead atoms. The monoisotopic (exact) mass is 347 g/mol. The highest BCUT2D eigenvalue weighted by Gasteiger charge is 2.36. The molecule has 1 saturated carbocycles. The maximum absolute atomic E-state index is 12.7. The lowest BCUT2D eigenvalue weighted by atomic mass is 9.89. The van der Waals surface area contributed by atoms with Gasteiger partial charge < -0.3 is 10.0 Å². The van der Waals surface area contributed by atoms with E-state index in [-0.39, 0.29) is 17.9 Å². The van der Waals surface area contributed by atoms with Crippen LogP contribution in [0.4, 0.5) is 0 Å². The van der Waals surface area contributed by atoms with Gasteiger partial charge >= 0.3 is 0 Å². The van der Waals surface area contributed by atoms with Gasteiger partial charge in [0.2, 0.25) is 5.91 Å². The van der Waals surface area contributed by atoms with Crippen LogP contribution in [0.5, 0.6) is 0 Å². The molecule has 2 aliphatic rings. The number of carbonyl (C=O) groups is 1. The first-order valence-electron chi connectivity index (χ1n) is 8.37. The summed E-state index contributed by atoms with van der Waals surface area (Å²) in [5, 5.41) is 10.1. The Morgan fingerprint density at radius 1 is 1.04 bits per heavy atom. The molecular formula is C15H29N3O4S. The summed E-state index contributed by atoms with van der Waals surface area (Å²) in [7, 11) is 1.41. The number of aliphatic hydroxyl groups excluding tert-OH is 1. The second kappa shape index (κ2) is 7.46. The molecule has 8 heteroatoms. The van der Waals surface area contributed by atoms with E-state index in [2.05, 4.69) is 0 Å². The van der Waals surface area contributed by atoms with E-state index in [0.29, 0.717) is 25.9 Å². The van der Waals surface area contributed by atoms with Gasteiger partial charge in [-0.05, 0) is 25.7 Å². The van der Waals surface area contributed by atoms with Crippen molar-refractivity contribution in [2.45, 2.75) is 50.7 Å².